The summed E-state index contributed by atoms with van der Waals surface area (Å²) in [5.41, 5.74) is 4.61. The van der Waals surface area contributed by atoms with Crippen molar-refractivity contribution in [3.63, 3.8) is 0 Å². The molecule has 0 aliphatic carbocycles. The number of aromatic nitrogens is 1. The largest absolute Gasteiger partial charge is 0.351 e. The minimum Gasteiger partial charge on any atom is -0.351 e. The fraction of sp³-hybridized carbons (Fsp3) is 0.222. The standard InChI is InChI=1S/C9H10N4O4S/c1-5(7(14)12-9(10)15)18-8-6(13(16)17)3-2-4-11-8/h2-5H,1H3,(H3,10,12,14,15)/t5-/m0/s1. The number of nitro groups is 1. The molecule has 0 fully saturated rings. The summed E-state index contributed by atoms with van der Waals surface area (Å²) in [5.74, 6) is -0.632. The summed E-state index contributed by atoms with van der Waals surface area (Å²) >= 11 is 0.876. The lowest BCUT2D eigenvalue weighted by atomic mass is 10.4. The third-order valence-electron chi connectivity index (χ3n) is 1.85. The summed E-state index contributed by atoms with van der Waals surface area (Å²) in [6, 6.07) is 1.74. The van der Waals surface area contributed by atoms with Crippen LogP contribution in [0.5, 0.6) is 0 Å². The Bertz CT molecular complexity index is 493. The van der Waals surface area contributed by atoms with Gasteiger partial charge in [0.15, 0.2) is 5.03 Å². The number of hydrogen-bond acceptors (Lipinski definition) is 6. The molecule has 0 aliphatic rings. The maximum absolute atomic E-state index is 11.4. The van der Waals surface area contributed by atoms with Crippen molar-refractivity contribution in [2.75, 3.05) is 0 Å². The first kappa shape index (κ1) is 13.9. The number of primary amides is 1. The second-order valence-corrected chi connectivity index (χ2v) is 4.53. The van der Waals surface area contributed by atoms with E-state index in [0.29, 0.717) is 0 Å². The van der Waals surface area contributed by atoms with E-state index in [0.717, 1.165) is 11.8 Å². The third kappa shape index (κ3) is 3.70. The van der Waals surface area contributed by atoms with E-state index in [4.69, 9.17) is 5.73 Å². The van der Waals surface area contributed by atoms with E-state index in [2.05, 4.69) is 4.98 Å². The number of carbonyl (C=O) groups is 2. The third-order valence-corrected chi connectivity index (χ3v) is 2.96. The number of nitrogens with one attached hydrogen (secondary N) is 1. The molecular weight excluding hydrogens is 260 g/mol. The first-order valence-electron chi connectivity index (χ1n) is 4.78. The molecule has 0 bridgehead atoms. The second-order valence-electron chi connectivity index (χ2n) is 3.20. The SMILES string of the molecule is C[C@H](Sc1ncccc1[N+](=O)[O-])C(=O)NC(N)=O. The fourth-order valence-corrected chi connectivity index (χ4v) is 1.94. The van der Waals surface area contributed by atoms with Crippen LogP contribution in [0, 0.1) is 10.1 Å². The van der Waals surface area contributed by atoms with Gasteiger partial charge in [0.05, 0.1) is 10.2 Å². The molecule has 0 saturated heterocycles. The molecule has 0 spiro atoms. The van der Waals surface area contributed by atoms with E-state index < -0.39 is 22.1 Å². The van der Waals surface area contributed by atoms with Gasteiger partial charge >= 0.3 is 11.7 Å². The molecule has 18 heavy (non-hydrogen) atoms. The lowest BCUT2D eigenvalue weighted by Gasteiger charge is -2.09. The van der Waals surface area contributed by atoms with Crippen LogP contribution in [0.1, 0.15) is 6.92 Å². The Labute approximate surface area is 106 Å². The van der Waals surface area contributed by atoms with Crippen LogP contribution in [0.3, 0.4) is 0 Å². The molecule has 96 valence electrons. The predicted octanol–water partition coefficient (Wildman–Crippen LogP) is 0.665. The Morgan fingerprint density at radius 3 is 2.83 bits per heavy atom. The molecule has 1 aromatic heterocycles. The quantitative estimate of drug-likeness (QED) is 0.470. The van der Waals surface area contributed by atoms with Gasteiger partial charge in [0, 0.05) is 12.3 Å². The summed E-state index contributed by atoms with van der Waals surface area (Å²) in [6.45, 7) is 1.49. The number of carbonyl (C=O) groups excluding carboxylic acids is 2. The molecule has 0 aliphatic heterocycles. The molecule has 1 atom stereocenters. The molecule has 3 amide bonds. The van der Waals surface area contributed by atoms with Crippen LogP contribution >= 0.6 is 11.8 Å². The van der Waals surface area contributed by atoms with Gasteiger partial charge in [-0.2, -0.15) is 0 Å². The number of rotatable bonds is 4. The number of pyridine rings is 1. The van der Waals surface area contributed by atoms with Crippen LogP contribution in [-0.4, -0.2) is 27.1 Å². The first-order chi connectivity index (χ1) is 8.41. The molecule has 1 aromatic rings. The van der Waals surface area contributed by atoms with Gasteiger partial charge in [-0.25, -0.2) is 9.78 Å². The van der Waals surface area contributed by atoms with Crippen molar-refractivity contribution in [2.45, 2.75) is 17.2 Å². The van der Waals surface area contributed by atoms with Crippen molar-refractivity contribution in [3.8, 4) is 0 Å². The molecule has 0 unspecified atom stereocenters. The van der Waals surface area contributed by atoms with Gasteiger partial charge in [-0.15, -0.1) is 0 Å². The summed E-state index contributed by atoms with van der Waals surface area (Å²) in [4.78, 5) is 35.9. The molecule has 0 saturated carbocycles. The Hall–Kier alpha value is -2.16. The number of urea groups is 1. The highest BCUT2D eigenvalue weighted by Crippen LogP contribution is 2.29. The first-order valence-corrected chi connectivity index (χ1v) is 5.66. The second kappa shape index (κ2) is 5.96. The number of nitrogens with zero attached hydrogens (tertiary/aromatic N) is 2. The van der Waals surface area contributed by atoms with Gasteiger partial charge in [0.1, 0.15) is 0 Å². The molecule has 1 heterocycles. The van der Waals surface area contributed by atoms with E-state index in [1.165, 1.54) is 25.3 Å². The van der Waals surface area contributed by atoms with E-state index in [9.17, 15) is 19.7 Å². The van der Waals surface area contributed by atoms with E-state index in [-0.39, 0.29) is 10.7 Å². The van der Waals surface area contributed by atoms with Crippen molar-refractivity contribution in [1.82, 2.24) is 10.3 Å². The summed E-state index contributed by atoms with van der Waals surface area (Å²) in [6.07, 6.45) is 1.38. The highest BCUT2D eigenvalue weighted by atomic mass is 32.2. The average molecular weight is 270 g/mol. The van der Waals surface area contributed by atoms with E-state index in [1.54, 1.807) is 0 Å². The molecule has 9 heteroatoms. The van der Waals surface area contributed by atoms with Gasteiger partial charge in [0.25, 0.3) is 0 Å². The highest BCUT2D eigenvalue weighted by Gasteiger charge is 2.22. The van der Waals surface area contributed by atoms with E-state index in [1.807, 2.05) is 5.32 Å². The van der Waals surface area contributed by atoms with Crippen molar-refractivity contribution in [1.29, 1.82) is 0 Å². The number of nitrogens with two attached hydrogens (primary N) is 1. The van der Waals surface area contributed by atoms with Crippen molar-refractivity contribution >= 4 is 29.4 Å². The van der Waals surface area contributed by atoms with E-state index >= 15 is 0 Å². The summed E-state index contributed by atoms with van der Waals surface area (Å²) in [7, 11) is 0. The van der Waals surface area contributed by atoms with Crippen LogP contribution in [-0.2, 0) is 4.79 Å². The van der Waals surface area contributed by atoms with Crippen LogP contribution in [0.15, 0.2) is 23.4 Å². The zero-order valence-electron chi connectivity index (χ0n) is 9.32. The maximum Gasteiger partial charge on any atom is 0.318 e. The maximum atomic E-state index is 11.4. The van der Waals surface area contributed by atoms with Crippen LogP contribution in [0.2, 0.25) is 0 Å². The Morgan fingerprint density at radius 1 is 1.61 bits per heavy atom. The zero-order valence-corrected chi connectivity index (χ0v) is 10.1. The minimum atomic E-state index is -0.969. The van der Waals surface area contributed by atoms with Gasteiger partial charge in [-0.3, -0.25) is 20.2 Å². The Balaban J connectivity index is 2.81. The van der Waals surface area contributed by atoms with Crippen molar-refractivity contribution < 1.29 is 14.5 Å². The molecular formula is C9H10N4O4S. The normalized spacial score (nSPS) is 11.6. The number of thioether (sulfide) groups is 1. The molecule has 8 nitrogen and oxygen atoms in total. The molecule has 1 rings (SSSR count). The number of amides is 3. The monoisotopic (exact) mass is 270 g/mol. The van der Waals surface area contributed by atoms with Gasteiger partial charge in [0.2, 0.25) is 5.91 Å². The lowest BCUT2D eigenvalue weighted by Crippen LogP contribution is -2.39. The molecule has 0 radical (unpaired) electrons. The van der Waals surface area contributed by atoms with Gasteiger partial charge < -0.3 is 5.73 Å². The topological polar surface area (TPSA) is 128 Å². The molecule has 3 N–H and O–H groups in total. The van der Waals surface area contributed by atoms with Gasteiger partial charge in [-0.1, -0.05) is 11.8 Å². The lowest BCUT2D eigenvalue weighted by molar-refractivity contribution is -0.388. The van der Waals surface area contributed by atoms with Crippen LogP contribution in [0.25, 0.3) is 0 Å². The highest BCUT2D eigenvalue weighted by molar-refractivity contribution is 8.00. The Kier molecular flexibility index (Phi) is 4.60. The predicted molar refractivity (Wildman–Crippen MR) is 63.9 cm³/mol. The average Bonchev–Trinajstić information content (AvgIpc) is 2.28. The van der Waals surface area contributed by atoms with Crippen LogP contribution < -0.4 is 11.1 Å². The van der Waals surface area contributed by atoms with Crippen molar-refractivity contribution in [2.24, 2.45) is 5.73 Å². The smallest absolute Gasteiger partial charge is 0.318 e. The molecule has 0 aromatic carbocycles. The van der Waals surface area contributed by atoms with Crippen molar-refractivity contribution in [3.05, 3.63) is 28.4 Å². The summed E-state index contributed by atoms with van der Waals surface area (Å²) in [5, 5.41) is 12.0. The Morgan fingerprint density at radius 2 is 2.28 bits per heavy atom. The van der Waals surface area contributed by atoms with Gasteiger partial charge in [-0.05, 0) is 13.0 Å². The van der Waals surface area contributed by atoms with Crippen LogP contribution in [0.4, 0.5) is 10.5 Å². The minimum absolute atomic E-state index is 0.106. The zero-order chi connectivity index (χ0) is 13.7. The number of imide groups is 1. The summed E-state index contributed by atoms with van der Waals surface area (Å²) < 4.78 is 0. The number of hydrogen-bond donors (Lipinski definition) is 2. The fourth-order valence-electron chi connectivity index (χ4n) is 1.06.